The number of H-pyrrole nitrogens is 1. The highest BCUT2D eigenvalue weighted by Crippen LogP contribution is 2.34. The van der Waals surface area contributed by atoms with E-state index < -0.39 is 0 Å². The van der Waals surface area contributed by atoms with Crippen molar-refractivity contribution in [3.8, 4) is 0 Å². The number of fused-ring (bicyclic) bond motifs is 2. The third kappa shape index (κ3) is 4.30. The maximum absolute atomic E-state index is 13.6. The van der Waals surface area contributed by atoms with E-state index in [1.54, 1.807) is 6.07 Å². The molecule has 6 nitrogen and oxygen atoms in total. The fraction of sp³-hybridized carbons (Fsp3) is 0.448. The van der Waals surface area contributed by atoms with Crippen LogP contribution in [0.2, 0.25) is 0 Å². The summed E-state index contributed by atoms with van der Waals surface area (Å²) in [7, 11) is 0. The van der Waals surface area contributed by atoms with Gasteiger partial charge in [0.05, 0.1) is 6.42 Å². The zero-order chi connectivity index (χ0) is 24.8. The lowest BCUT2D eigenvalue weighted by Crippen LogP contribution is -2.47. The minimum Gasteiger partial charge on any atom is -0.351 e. The Morgan fingerprint density at radius 3 is 2.72 bits per heavy atom. The summed E-state index contributed by atoms with van der Waals surface area (Å²) in [5, 5.41) is 1.08. The van der Waals surface area contributed by atoms with Gasteiger partial charge in [0, 0.05) is 54.9 Å². The molecule has 2 amide bonds. The van der Waals surface area contributed by atoms with Crippen molar-refractivity contribution < 1.29 is 14.0 Å². The summed E-state index contributed by atoms with van der Waals surface area (Å²) in [5.41, 5.74) is 4.56. The molecule has 6 rings (SSSR count). The van der Waals surface area contributed by atoms with E-state index >= 15 is 0 Å². The van der Waals surface area contributed by atoms with E-state index in [1.807, 2.05) is 11.0 Å². The fourth-order valence-corrected chi connectivity index (χ4v) is 6.36. The molecular formula is C29H33FN4O2. The van der Waals surface area contributed by atoms with Crippen LogP contribution >= 0.6 is 0 Å². The van der Waals surface area contributed by atoms with Crippen LogP contribution in [0.15, 0.2) is 42.5 Å². The van der Waals surface area contributed by atoms with Crippen molar-refractivity contribution in [1.29, 1.82) is 0 Å². The van der Waals surface area contributed by atoms with E-state index in [2.05, 4.69) is 39.9 Å². The summed E-state index contributed by atoms with van der Waals surface area (Å²) < 4.78 is 13.6. The van der Waals surface area contributed by atoms with Crippen LogP contribution in [0, 0.1) is 12.7 Å². The summed E-state index contributed by atoms with van der Waals surface area (Å²) in [6.45, 7) is 5.71. The molecule has 7 heteroatoms. The summed E-state index contributed by atoms with van der Waals surface area (Å²) in [5.74, 6) is -0.0914. The third-order valence-corrected chi connectivity index (χ3v) is 8.26. The summed E-state index contributed by atoms with van der Waals surface area (Å²) in [6.07, 6.45) is 5.22. The van der Waals surface area contributed by atoms with E-state index in [9.17, 15) is 14.0 Å². The van der Waals surface area contributed by atoms with E-state index in [0.717, 1.165) is 80.4 Å². The van der Waals surface area contributed by atoms with Crippen LogP contribution in [0.3, 0.4) is 0 Å². The van der Waals surface area contributed by atoms with Crippen LogP contribution in [0.4, 0.5) is 10.1 Å². The van der Waals surface area contributed by atoms with Crippen LogP contribution < -0.4 is 4.90 Å². The molecule has 3 aliphatic heterocycles. The van der Waals surface area contributed by atoms with Gasteiger partial charge in [-0.1, -0.05) is 12.1 Å². The van der Waals surface area contributed by atoms with Crippen molar-refractivity contribution in [3.05, 3.63) is 65.1 Å². The molecule has 3 aliphatic rings. The third-order valence-electron chi connectivity index (χ3n) is 8.26. The van der Waals surface area contributed by atoms with Gasteiger partial charge in [-0.05, 0) is 80.5 Å². The molecule has 2 aromatic carbocycles. The van der Waals surface area contributed by atoms with Gasteiger partial charge in [0.15, 0.2) is 0 Å². The average Bonchev–Trinajstić information content (AvgIpc) is 3.58. The number of amides is 2. The molecule has 3 aromatic rings. The van der Waals surface area contributed by atoms with Gasteiger partial charge in [-0.15, -0.1) is 0 Å². The van der Waals surface area contributed by atoms with Gasteiger partial charge in [-0.3, -0.25) is 9.59 Å². The zero-order valence-corrected chi connectivity index (χ0v) is 20.8. The van der Waals surface area contributed by atoms with Crippen molar-refractivity contribution >= 4 is 28.4 Å². The number of aromatic amines is 1. The first-order valence-corrected chi connectivity index (χ1v) is 13.2. The van der Waals surface area contributed by atoms with Crippen molar-refractivity contribution in [2.24, 2.45) is 0 Å². The normalized spacial score (nSPS) is 21.1. The number of halogens is 1. The number of aromatic nitrogens is 1. The minimum absolute atomic E-state index is 0.0845. The molecule has 2 fully saturated rings. The Labute approximate surface area is 211 Å². The number of rotatable bonds is 5. The predicted molar refractivity (Wildman–Crippen MR) is 139 cm³/mol. The second-order valence-corrected chi connectivity index (χ2v) is 10.6. The molecule has 0 saturated carbocycles. The topological polar surface area (TPSA) is 59.7 Å². The number of piperidine rings is 1. The summed E-state index contributed by atoms with van der Waals surface area (Å²) in [4.78, 5) is 35.8. The van der Waals surface area contributed by atoms with E-state index in [1.165, 1.54) is 17.7 Å². The second kappa shape index (κ2) is 9.36. The number of carbonyl (C=O) groups is 2. The molecule has 4 heterocycles. The lowest BCUT2D eigenvalue weighted by atomic mass is 10.0. The van der Waals surface area contributed by atoms with Crippen LogP contribution in [-0.2, 0) is 11.2 Å². The number of hydrogen-bond acceptors (Lipinski definition) is 3. The van der Waals surface area contributed by atoms with Crippen molar-refractivity contribution in [2.75, 3.05) is 31.1 Å². The average molecular weight is 489 g/mol. The van der Waals surface area contributed by atoms with E-state index in [0.29, 0.717) is 12.1 Å². The van der Waals surface area contributed by atoms with Gasteiger partial charge in [-0.25, -0.2) is 4.39 Å². The van der Waals surface area contributed by atoms with Crippen LogP contribution in [0.5, 0.6) is 0 Å². The smallest absolute Gasteiger partial charge is 0.270 e. The highest BCUT2D eigenvalue weighted by atomic mass is 19.1. The lowest BCUT2D eigenvalue weighted by molar-refractivity contribution is -0.118. The standard InChI is InChI=1S/C29H33FN4O2/c1-19-4-5-20-17-26(31-25(20)15-19)29(36)33-11-2-3-23(33)8-12-32-13-9-24(10-14-32)34-27-7-6-22(30)16-21(27)18-28(34)35/h4-7,15-17,23-24,31H,2-3,8-14,18H2,1H3/t23-/m0/s1. The molecule has 0 aliphatic carbocycles. The van der Waals surface area contributed by atoms with Gasteiger partial charge in [0.2, 0.25) is 5.91 Å². The molecule has 0 bridgehead atoms. The Balaban J connectivity index is 1.04. The monoisotopic (exact) mass is 488 g/mol. The van der Waals surface area contributed by atoms with Crippen LogP contribution in [0.1, 0.15) is 53.7 Å². The number of hydrogen-bond donors (Lipinski definition) is 1. The van der Waals surface area contributed by atoms with E-state index in [-0.39, 0.29) is 29.7 Å². The maximum atomic E-state index is 13.6. The highest BCUT2D eigenvalue weighted by molar-refractivity contribution is 6.02. The van der Waals surface area contributed by atoms with Crippen molar-refractivity contribution in [3.63, 3.8) is 0 Å². The first-order chi connectivity index (χ1) is 17.5. The quantitative estimate of drug-likeness (QED) is 0.568. The fourth-order valence-electron chi connectivity index (χ4n) is 6.36. The van der Waals surface area contributed by atoms with Gasteiger partial charge < -0.3 is 19.7 Å². The molecular weight excluding hydrogens is 455 g/mol. The van der Waals surface area contributed by atoms with Crippen molar-refractivity contribution in [2.45, 2.75) is 57.5 Å². The molecule has 0 unspecified atom stereocenters. The number of anilines is 1. The highest BCUT2D eigenvalue weighted by Gasteiger charge is 2.36. The maximum Gasteiger partial charge on any atom is 0.270 e. The molecule has 0 spiro atoms. The SMILES string of the molecule is Cc1ccc2cc(C(=O)N3CCC[C@H]3CCN3CCC(N4C(=O)Cc5cc(F)ccc54)CC3)[nH]c2c1. The minimum atomic E-state index is -0.280. The largest absolute Gasteiger partial charge is 0.351 e. The van der Waals surface area contributed by atoms with E-state index in [4.69, 9.17) is 0 Å². The Morgan fingerprint density at radius 1 is 1.06 bits per heavy atom. The second-order valence-electron chi connectivity index (χ2n) is 10.6. The number of aryl methyl sites for hydroxylation is 1. The Bertz CT molecular complexity index is 1310. The van der Waals surface area contributed by atoms with Gasteiger partial charge in [0.1, 0.15) is 11.5 Å². The Morgan fingerprint density at radius 2 is 1.89 bits per heavy atom. The Kier molecular flexibility index (Phi) is 6.04. The van der Waals surface area contributed by atoms with Crippen molar-refractivity contribution in [1.82, 2.24) is 14.8 Å². The molecule has 36 heavy (non-hydrogen) atoms. The van der Waals surface area contributed by atoms with Crippen LogP contribution in [0.25, 0.3) is 10.9 Å². The lowest BCUT2D eigenvalue weighted by Gasteiger charge is -2.37. The van der Waals surface area contributed by atoms with Crippen LogP contribution in [-0.4, -0.2) is 64.9 Å². The first-order valence-electron chi connectivity index (χ1n) is 13.2. The molecule has 1 atom stereocenters. The number of nitrogens with zero attached hydrogens (tertiary/aromatic N) is 3. The molecule has 1 aromatic heterocycles. The Hall–Kier alpha value is -3.19. The number of benzene rings is 2. The molecule has 2 saturated heterocycles. The summed E-state index contributed by atoms with van der Waals surface area (Å²) in [6, 6.07) is 13.3. The molecule has 0 radical (unpaired) electrons. The number of likely N-dealkylation sites (tertiary alicyclic amines) is 2. The first kappa shape index (κ1) is 23.2. The number of carbonyl (C=O) groups excluding carboxylic acids is 2. The van der Waals surface area contributed by atoms with Gasteiger partial charge in [-0.2, -0.15) is 0 Å². The van der Waals surface area contributed by atoms with Gasteiger partial charge >= 0.3 is 0 Å². The number of nitrogens with one attached hydrogen (secondary N) is 1. The van der Waals surface area contributed by atoms with Gasteiger partial charge in [0.25, 0.3) is 5.91 Å². The summed E-state index contributed by atoms with van der Waals surface area (Å²) >= 11 is 0. The zero-order valence-electron chi connectivity index (χ0n) is 20.8. The predicted octanol–water partition coefficient (Wildman–Crippen LogP) is 4.66. The molecule has 188 valence electrons. The molecule has 1 N–H and O–H groups in total.